The minimum Gasteiger partial charge on any atom is -0.507 e. The highest BCUT2D eigenvalue weighted by molar-refractivity contribution is 7.10. The maximum absolute atomic E-state index is 13.2. The van der Waals surface area contributed by atoms with Gasteiger partial charge < -0.3 is 15.7 Å². The minimum atomic E-state index is -1.02. The maximum Gasteiger partial charge on any atom is 0.239 e. The first-order chi connectivity index (χ1) is 13.3. The van der Waals surface area contributed by atoms with Crippen LogP contribution in [0.15, 0.2) is 40.7 Å². The van der Waals surface area contributed by atoms with Gasteiger partial charge in [-0.15, -0.1) is 11.3 Å². The van der Waals surface area contributed by atoms with Crippen molar-refractivity contribution >= 4 is 34.8 Å². The Labute approximate surface area is 167 Å². The van der Waals surface area contributed by atoms with Gasteiger partial charge in [-0.25, -0.2) is 4.99 Å². The summed E-state index contributed by atoms with van der Waals surface area (Å²) >= 11 is 1.35. The van der Waals surface area contributed by atoms with Crippen LogP contribution in [0.25, 0.3) is 0 Å². The summed E-state index contributed by atoms with van der Waals surface area (Å²) in [6.07, 6.45) is 1.42. The number of carbonyl (C=O) groups excluding carboxylic acids is 2. The van der Waals surface area contributed by atoms with E-state index < -0.39 is 11.5 Å². The van der Waals surface area contributed by atoms with Crippen LogP contribution in [0.3, 0.4) is 0 Å². The van der Waals surface area contributed by atoms with E-state index in [9.17, 15) is 14.7 Å². The number of carbonyl (C=O) groups is 2. The predicted molar refractivity (Wildman–Crippen MR) is 108 cm³/mol. The molecular weight excluding hydrogens is 376 g/mol. The molecule has 2 aliphatic heterocycles. The van der Waals surface area contributed by atoms with Crippen LogP contribution in [0.1, 0.15) is 36.1 Å². The zero-order valence-corrected chi connectivity index (χ0v) is 16.6. The number of likely N-dealkylation sites (N-methyl/N-ethyl adjacent to an activating group) is 1. The summed E-state index contributed by atoms with van der Waals surface area (Å²) in [6.45, 7) is 2.53. The second kappa shape index (κ2) is 6.63. The van der Waals surface area contributed by atoms with Gasteiger partial charge in [0.1, 0.15) is 11.3 Å². The van der Waals surface area contributed by atoms with Crippen LogP contribution in [0.4, 0.5) is 5.69 Å². The number of rotatable bonds is 3. The third-order valence-electron chi connectivity index (χ3n) is 5.55. The largest absolute Gasteiger partial charge is 0.507 e. The van der Waals surface area contributed by atoms with Gasteiger partial charge in [-0.1, -0.05) is 12.1 Å². The van der Waals surface area contributed by atoms with E-state index in [1.807, 2.05) is 31.2 Å². The van der Waals surface area contributed by atoms with Gasteiger partial charge in [0.05, 0.1) is 10.8 Å². The minimum absolute atomic E-state index is 0.102. The fourth-order valence-corrected chi connectivity index (χ4v) is 4.95. The summed E-state index contributed by atoms with van der Waals surface area (Å²) in [7, 11) is 1.60. The molecule has 28 heavy (non-hydrogen) atoms. The number of aliphatic imine (C=N–C) groups is 1. The lowest BCUT2D eigenvalue weighted by Crippen LogP contribution is -2.52. The third kappa shape index (κ3) is 2.75. The molecule has 4 rings (SSSR count). The van der Waals surface area contributed by atoms with Gasteiger partial charge in [-0.2, -0.15) is 0 Å². The Kier molecular flexibility index (Phi) is 4.38. The number of hydrogen-bond acceptors (Lipinski definition) is 6. The highest BCUT2D eigenvalue weighted by atomic mass is 32.1. The Hall–Kier alpha value is -2.87. The van der Waals surface area contributed by atoms with Gasteiger partial charge in [0.15, 0.2) is 5.96 Å². The average Bonchev–Trinajstić information content (AvgIpc) is 3.29. The lowest BCUT2D eigenvalue weighted by Gasteiger charge is -2.40. The van der Waals surface area contributed by atoms with Crippen molar-refractivity contribution in [2.75, 3.05) is 18.5 Å². The van der Waals surface area contributed by atoms with Crippen molar-refractivity contribution in [2.45, 2.75) is 31.2 Å². The maximum atomic E-state index is 13.2. The molecule has 3 heterocycles. The molecule has 3 N–H and O–H groups in total. The number of nitrogens with zero attached hydrogens (tertiary/aromatic N) is 3. The highest BCUT2D eigenvalue weighted by Gasteiger charge is 2.49. The number of amides is 2. The molecule has 1 saturated heterocycles. The van der Waals surface area contributed by atoms with Crippen LogP contribution in [0.5, 0.6) is 5.75 Å². The molecule has 0 spiro atoms. The van der Waals surface area contributed by atoms with Gasteiger partial charge in [-0.05, 0) is 42.5 Å². The molecule has 2 aliphatic rings. The Morgan fingerprint density at radius 2 is 1.96 bits per heavy atom. The van der Waals surface area contributed by atoms with Crippen LogP contribution >= 0.6 is 11.3 Å². The second-order valence-electron chi connectivity index (χ2n) is 7.32. The fourth-order valence-electron chi connectivity index (χ4n) is 4.02. The van der Waals surface area contributed by atoms with Crippen molar-refractivity contribution < 1.29 is 14.7 Å². The van der Waals surface area contributed by atoms with Crippen LogP contribution in [0, 0.1) is 0 Å². The van der Waals surface area contributed by atoms with Crippen molar-refractivity contribution in [1.29, 1.82) is 0 Å². The molecule has 0 bridgehead atoms. The topological polar surface area (TPSA) is 99.2 Å². The Morgan fingerprint density at radius 1 is 1.25 bits per heavy atom. The summed E-state index contributed by atoms with van der Waals surface area (Å²) in [5.41, 5.74) is 6.57. The molecule has 146 valence electrons. The van der Waals surface area contributed by atoms with E-state index in [-0.39, 0.29) is 23.5 Å². The normalized spacial score (nSPS) is 25.4. The number of guanidine groups is 1. The first-order valence-electron chi connectivity index (χ1n) is 9.13. The van der Waals surface area contributed by atoms with Gasteiger partial charge >= 0.3 is 0 Å². The average molecular weight is 398 g/mol. The zero-order chi connectivity index (χ0) is 20.1. The first kappa shape index (κ1) is 18.5. The van der Waals surface area contributed by atoms with E-state index >= 15 is 0 Å². The molecule has 8 heteroatoms. The van der Waals surface area contributed by atoms with E-state index in [2.05, 4.69) is 4.99 Å². The predicted octanol–water partition coefficient (Wildman–Crippen LogP) is 2.37. The fraction of sp³-hybridized carbons (Fsp3) is 0.350. The highest BCUT2D eigenvalue weighted by Crippen LogP contribution is 2.48. The van der Waals surface area contributed by atoms with E-state index in [0.717, 1.165) is 17.7 Å². The molecule has 2 atom stereocenters. The first-order valence-corrected chi connectivity index (χ1v) is 10.0. The van der Waals surface area contributed by atoms with Crippen molar-refractivity contribution in [2.24, 2.45) is 10.7 Å². The lowest BCUT2D eigenvalue weighted by molar-refractivity contribution is -0.130. The summed E-state index contributed by atoms with van der Waals surface area (Å²) < 4.78 is 0. The SMILES string of the molecule is CN1C(=O)C(c2ccc(N3CCCC3=O)cc2)C(C)(c2sccc2O)N=C1N. The third-order valence-corrected chi connectivity index (χ3v) is 6.68. The van der Waals surface area contributed by atoms with Gasteiger partial charge in [0, 0.05) is 25.7 Å². The second-order valence-corrected chi connectivity index (χ2v) is 8.24. The Bertz CT molecular complexity index is 968. The zero-order valence-electron chi connectivity index (χ0n) is 15.8. The monoisotopic (exact) mass is 398 g/mol. The van der Waals surface area contributed by atoms with Gasteiger partial charge in [-0.3, -0.25) is 14.5 Å². The summed E-state index contributed by atoms with van der Waals surface area (Å²) in [5, 5.41) is 12.1. The number of benzene rings is 1. The van der Waals surface area contributed by atoms with Crippen molar-refractivity contribution in [3.05, 3.63) is 46.2 Å². The Balaban J connectivity index is 1.78. The van der Waals surface area contributed by atoms with E-state index in [4.69, 9.17) is 5.73 Å². The van der Waals surface area contributed by atoms with Gasteiger partial charge in [0.2, 0.25) is 11.8 Å². The molecule has 2 unspecified atom stereocenters. The Morgan fingerprint density at radius 3 is 2.54 bits per heavy atom. The van der Waals surface area contributed by atoms with Gasteiger partial charge in [0.25, 0.3) is 0 Å². The molecule has 2 amide bonds. The lowest BCUT2D eigenvalue weighted by atomic mass is 9.77. The van der Waals surface area contributed by atoms with Crippen molar-refractivity contribution in [1.82, 2.24) is 4.90 Å². The van der Waals surface area contributed by atoms with Crippen LogP contribution < -0.4 is 10.6 Å². The van der Waals surface area contributed by atoms with Crippen LogP contribution in [-0.2, 0) is 15.1 Å². The van der Waals surface area contributed by atoms with E-state index in [1.54, 1.807) is 23.4 Å². The number of aromatic hydroxyl groups is 1. The molecule has 1 fully saturated rings. The molecule has 0 saturated carbocycles. The number of anilines is 1. The molecule has 1 aromatic heterocycles. The van der Waals surface area contributed by atoms with Crippen molar-refractivity contribution in [3.8, 4) is 5.75 Å². The molecule has 7 nitrogen and oxygen atoms in total. The quantitative estimate of drug-likeness (QED) is 0.829. The van der Waals surface area contributed by atoms with E-state index in [0.29, 0.717) is 17.8 Å². The standard InChI is InChI=1S/C20H22N4O3S/c1-20(17-14(25)9-11-28-17)16(18(27)23(2)19(21)22-20)12-5-7-13(8-6-12)24-10-3-4-15(24)26/h5-9,11,16,25H,3-4,10H2,1-2H3,(H2,21,22). The molecule has 0 radical (unpaired) electrons. The summed E-state index contributed by atoms with van der Waals surface area (Å²) in [6, 6.07) is 9.04. The summed E-state index contributed by atoms with van der Waals surface area (Å²) in [5.74, 6) is -0.487. The van der Waals surface area contributed by atoms with Crippen LogP contribution in [0.2, 0.25) is 0 Å². The van der Waals surface area contributed by atoms with Crippen molar-refractivity contribution in [3.63, 3.8) is 0 Å². The summed E-state index contributed by atoms with van der Waals surface area (Å²) in [4.78, 5) is 33.5. The number of thiophene rings is 1. The van der Waals surface area contributed by atoms with Crippen LogP contribution in [-0.4, -0.2) is 41.4 Å². The molecule has 1 aromatic carbocycles. The van der Waals surface area contributed by atoms with E-state index in [1.165, 1.54) is 16.2 Å². The molecule has 0 aliphatic carbocycles. The molecular formula is C20H22N4O3S. The molecule has 2 aromatic rings. The smallest absolute Gasteiger partial charge is 0.239 e. The number of hydrogen-bond donors (Lipinski definition) is 2. The number of nitrogens with two attached hydrogens (primary N) is 1.